The van der Waals surface area contributed by atoms with Crippen LogP contribution < -0.4 is 0 Å². The molecule has 16 heavy (non-hydrogen) atoms. The molecule has 0 saturated heterocycles. The molecule has 0 aromatic heterocycles. The topological polar surface area (TPSA) is 35.5 Å². The van der Waals surface area contributed by atoms with E-state index in [4.69, 9.17) is 4.43 Å². The molecule has 0 rings (SSSR count). The van der Waals surface area contributed by atoms with E-state index in [0.717, 1.165) is 0 Å². The van der Waals surface area contributed by atoms with E-state index in [0.29, 0.717) is 11.8 Å². The van der Waals surface area contributed by atoms with Crippen molar-refractivity contribution in [1.82, 2.24) is 0 Å². The molecule has 0 aromatic carbocycles. The Balaban J connectivity index is 4.48. The van der Waals surface area contributed by atoms with Gasteiger partial charge in [0.25, 0.3) is 0 Å². The van der Waals surface area contributed by atoms with E-state index in [1.165, 1.54) is 7.11 Å². The second-order valence-corrected chi connectivity index (χ2v) is 10.8. The number of hydrogen-bond donors (Lipinski definition) is 0. The normalized spacial score (nSPS) is 14.7. The van der Waals surface area contributed by atoms with Gasteiger partial charge in [-0.1, -0.05) is 36.7 Å². The largest absolute Gasteiger partial charge is 0.469 e. The van der Waals surface area contributed by atoms with Crippen molar-refractivity contribution in [2.75, 3.05) is 12.4 Å². The maximum atomic E-state index is 11.2. The predicted molar refractivity (Wildman–Crippen MR) is 72.5 cm³/mol. The zero-order chi connectivity index (χ0) is 13.0. The van der Waals surface area contributed by atoms with Crippen molar-refractivity contribution in [2.45, 2.75) is 51.4 Å². The first-order valence-electron chi connectivity index (χ1n) is 5.44. The van der Waals surface area contributed by atoms with Crippen LogP contribution in [0.3, 0.4) is 0 Å². The van der Waals surface area contributed by atoms with E-state index in [2.05, 4.69) is 54.5 Å². The summed E-state index contributed by atoms with van der Waals surface area (Å²) in [6, 6.07) is 0. The van der Waals surface area contributed by atoms with Crippen LogP contribution in [-0.2, 0) is 14.0 Å². The van der Waals surface area contributed by atoms with Crippen molar-refractivity contribution in [1.29, 1.82) is 0 Å². The van der Waals surface area contributed by atoms with Gasteiger partial charge in [0.2, 0.25) is 0 Å². The fraction of sp³-hybridized carbons (Fsp3) is 0.909. The number of rotatable bonds is 5. The van der Waals surface area contributed by atoms with E-state index < -0.39 is 8.32 Å². The molecule has 0 bridgehead atoms. The van der Waals surface area contributed by atoms with Gasteiger partial charge >= 0.3 is 5.97 Å². The van der Waals surface area contributed by atoms with Gasteiger partial charge in [-0.15, -0.1) is 0 Å². The molecule has 0 fully saturated rings. The Kier molecular flexibility index (Phi) is 6.21. The highest BCUT2D eigenvalue weighted by Crippen LogP contribution is 2.37. The van der Waals surface area contributed by atoms with Gasteiger partial charge in [0.15, 0.2) is 8.32 Å². The lowest BCUT2D eigenvalue weighted by molar-refractivity contribution is -0.142. The molecule has 0 amide bonds. The Bertz CT molecular complexity index is 236. The quantitative estimate of drug-likeness (QED) is 0.444. The second-order valence-electron chi connectivity index (χ2n) is 5.43. The number of carbonyl (C=O) groups is 1. The first kappa shape index (κ1) is 16.1. The zero-order valence-corrected chi connectivity index (χ0v) is 13.7. The number of halogens is 1. The van der Waals surface area contributed by atoms with Crippen LogP contribution in [0.25, 0.3) is 0 Å². The van der Waals surface area contributed by atoms with Gasteiger partial charge < -0.3 is 9.16 Å². The van der Waals surface area contributed by atoms with Crippen molar-refractivity contribution >= 4 is 30.2 Å². The average Bonchev–Trinajstić information content (AvgIpc) is 2.14. The Morgan fingerprint density at radius 3 is 2.19 bits per heavy atom. The molecule has 0 heterocycles. The van der Waals surface area contributed by atoms with Gasteiger partial charge in [-0.2, -0.15) is 0 Å². The first-order valence-corrected chi connectivity index (χ1v) is 9.47. The molecular formula is C11H23BrO3Si. The van der Waals surface area contributed by atoms with Gasteiger partial charge in [-0.25, -0.2) is 0 Å². The smallest absolute Gasteiger partial charge is 0.308 e. The summed E-state index contributed by atoms with van der Waals surface area (Å²) >= 11 is 3.38. The zero-order valence-electron chi connectivity index (χ0n) is 11.1. The molecule has 0 saturated carbocycles. The lowest BCUT2D eigenvalue weighted by Gasteiger charge is -2.38. The van der Waals surface area contributed by atoms with Gasteiger partial charge in [0.1, 0.15) is 0 Å². The van der Waals surface area contributed by atoms with Crippen LogP contribution in [0.15, 0.2) is 0 Å². The van der Waals surface area contributed by atoms with E-state index in [-0.39, 0.29) is 17.1 Å². The third-order valence-electron chi connectivity index (χ3n) is 3.06. The van der Waals surface area contributed by atoms with Crippen molar-refractivity contribution in [3.63, 3.8) is 0 Å². The number of hydrogen-bond acceptors (Lipinski definition) is 3. The highest BCUT2D eigenvalue weighted by molar-refractivity contribution is 9.09. The molecule has 5 heteroatoms. The van der Waals surface area contributed by atoms with Crippen LogP contribution in [0.4, 0.5) is 0 Å². The van der Waals surface area contributed by atoms with Gasteiger partial charge in [0, 0.05) is 5.33 Å². The van der Waals surface area contributed by atoms with E-state index >= 15 is 0 Å². The second kappa shape index (κ2) is 6.17. The molecule has 0 unspecified atom stereocenters. The van der Waals surface area contributed by atoms with Crippen LogP contribution in [0.5, 0.6) is 0 Å². The maximum Gasteiger partial charge on any atom is 0.308 e. The predicted octanol–water partition coefficient (Wildman–Crippen LogP) is 3.33. The minimum Gasteiger partial charge on any atom is -0.469 e. The minimum absolute atomic E-state index is 0.0895. The Hall–Kier alpha value is 0.127. The summed E-state index contributed by atoms with van der Waals surface area (Å²) in [6.45, 7) is 10.9. The Labute approximate surface area is 108 Å². The standard InChI is InChI=1S/C11H23BrO3Si/c1-11(2,3)16(5,6)15-9(8-12)7-10(13)14-4/h9H,7-8H2,1-6H3/t9-/m1/s1. The molecule has 1 atom stereocenters. The van der Waals surface area contributed by atoms with Crippen molar-refractivity contribution in [3.05, 3.63) is 0 Å². The van der Waals surface area contributed by atoms with Crippen LogP contribution in [0, 0.1) is 0 Å². The summed E-state index contributed by atoms with van der Waals surface area (Å²) < 4.78 is 10.8. The summed E-state index contributed by atoms with van der Waals surface area (Å²) in [6.07, 6.45) is 0.224. The lowest BCUT2D eigenvalue weighted by atomic mass is 10.2. The summed E-state index contributed by atoms with van der Waals surface area (Å²) in [7, 11) is -0.404. The maximum absolute atomic E-state index is 11.2. The fourth-order valence-electron chi connectivity index (χ4n) is 0.990. The van der Waals surface area contributed by atoms with Crippen molar-refractivity contribution < 1.29 is 14.0 Å². The molecule has 0 N–H and O–H groups in total. The SMILES string of the molecule is COC(=O)C[C@H](CBr)O[Si](C)(C)C(C)(C)C. The van der Waals surface area contributed by atoms with Crippen LogP contribution >= 0.6 is 15.9 Å². The highest BCUT2D eigenvalue weighted by Gasteiger charge is 2.39. The third kappa shape index (κ3) is 4.97. The van der Waals surface area contributed by atoms with Crippen LogP contribution in [0.1, 0.15) is 27.2 Å². The molecule has 0 aliphatic rings. The molecule has 0 aliphatic carbocycles. The number of carbonyl (C=O) groups excluding carboxylic acids is 1. The van der Waals surface area contributed by atoms with Gasteiger partial charge in [-0.05, 0) is 18.1 Å². The van der Waals surface area contributed by atoms with Crippen molar-refractivity contribution in [3.8, 4) is 0 Å². The summed E-state index contributed by atoms with van der Waals surface area (Å²) in [4.78, 5) is 11.2. The summed E-state index contributed by atoms with van der Waals surface area (Å²) in [5, 5.41) is 0.818. The van der Waals surface area contributed by atoms with Crippen LogP contribution in [-0.4, -0.2) is 32.8 Å². The lowest BCUT2D eigenvalue weighted by Crippen LogP contribution is -2.44. The van der Waals surface area contributed by atoms with Crippen molar-refractivity contribution in [2.24, 2.45) is 0 Å². The molecular weight excluding hydrogens is 288 g/mol. The van der Waals surface area contributed by atoms with Gasteiger partial charge in [0.05, 0.1) is 19.6 Å². The minimum atomic E-state index is -1.81. The molecule has 0 spiro atoms. The number of methoxy groups -OCH3 is 1. The van der Waals surface area contributed by atoms with E-state index in [1.54, 1.807) is 0 Å². The van der Waals surface area contributed by atoms with E-state index in [1.807, 2.05) is 0 Å². The number of alkyl halides is 1. The molecule has 96 valence electrons. The molecule has 0 aromatic rings. The average molecular weight is 311 g/mol. The van der Waals surface area contributed by atoms with Crippen LogP contribution in [0.2, 0.25) is 18.1 Å². The molecule has 3 nitrogen and oxygen atoms in total. The van der Waals surface area contributed by atoms with E-state index in [9.17, 15) is 4.79 Å². The fourth-order valence-corrected chi connectivity index (χ4v) is 2.95. The third-order valence-corrected chi connectivity index (χ3v) is 8.32. The number of esters is 1. The highest BCUT2D eigenvalue weighted by atomic mass is 79.9. The van der Waals surface area contributed by atoms with Gasteiger partial charge in [-0.3, -0.25) is 4.79 Å². The monoisotopic (exact) mass is 310 g/mol. The molecule has 0 radical (unpaired) electrons. The Morgan fingerprint density at radius 2 is 1.88 bits per heavy atom. The summed E-state index contributed by atoms with van der Waals surface area (Å²) in [5.74, 6) is -0.219. The first-order chi connectivity index (χ1) is 7.14. The molecule has 0 aliphatic heterocycles. The summed E-state index contributed by atoms with van der Waals surface area (Å²) in [5.41, 5.74) is 0. The Morgan fingerprint density at radius 1 is 1.38 bits per heavy atom. The number of ether oxygens (including phenoxy) is 1.